The largest absolute Gasteiger partial charge is 0.316 e. The van der Waals surface area contributed by atoms with Gasteiger partial charge in [0, 0.05) is 24.7 Å². The van der Waals surface area contributed by atoms with E-state index in [-0.39, 0.29) is 0 Å². The van der Waals surface area contributed by atoms with E-state index in [0.29, 0.717) is 0 Å². The third kappa shape index (κ3) is 1.40. The smallest absolute Gasteiger partial charge is 0.0926 e. The van der Waals surface area contributed by atoms with Crippen molar-refractivity contribution in [1.29, 1.82) is 0 Å². The summed E-state index contributed by atoms with van der Waals surface area (Å²) in [5.41, 5.74) is 3.60. The van der Waals surface area contributed by atoms with Crippen molar-refractivity contribution in [2.45, 2.75) is 13.5 Å². The molecule has 2 rings (SSSR count). The van der Waals surface area contributed by atoms with Crippen LogP contribution >= 0.6 is 0 Å². The van der Waals surface area contributed by atoms with Gasteiger partial charge in [-0.1, -0.05) is 6.07 Å². The monoisotopic (exact) mass is 189 g/mol. The minimum absolute atomic E-state index is 0.907. The Morgan fingerprint density at radius 1 is 1.43 bits per heavy atom. The maximum atomic E-state index is 4.41. The van der Waals surface area contributed by atoms with Crippen LogP contribution in [0.3, 0.4) is 0 Å². The first-order chi connectivity index (χ1) is 6.72. The molecule has 2 aromatic rings. The predicted octanol–water partition coefficient (Wildman–Crippen LogP) is 1.60. The van der Waals surface area contributed by atoms with Gasteiger partial charge in [0.2, 0.25) is 0 Å². The molecule has 1 aromatic heterocycles. The Morgan fingerprint density at radius 3 is 2.93 bits per heavy atom. The number of hydrogen-bond donors (Lipinski definition) is 1. The molecule has 0 aliphatic carbocycles. The zero-order valence-electron chi connectivity index (χ0n) is 8.83. The number of fused-ring (bicyclic) bond motifs is 1. The van der Waals surface area contributed by atoms with Crippen molar-refractivity contribution < 1.29 is 0 Å². The minimum Gasteiger partial charge on any atom is -0.316 e. The van der Waals surface area contributed by atoms with Gasteiger partial charge in [-0.3, -0.25) is 4.68 Å². The molecule has 0 aliphatic heterocycles. The van der Waals surface area contributed by atoms with Gasteiger partial charge in [0.25, 0.3) is 0 Å². The van der Waals surface area contributed by atoms with Crippen LogP contribution in [0.5, 0.6) is 0 Å². The van der Waals surface area contributed by atoms with Crippen molar-refractivity contribution in [2.75, 3.05) is 7.05 Å². The highest BCUT2D eigenvalue weighted by atomic mass is 15.3. The fourth-order valence-corrected chi connectivity index (χ4v) is 1.69. The van der Waals surface area contributed by atoms with Gasteiger partial charge in [0.1, 0.15) is 0 Å². The quantitative estimate of drug-likeness (QED) is 0.777. The van der Waals surface area contributed by atoms with Crippen LogP contribution in [0, 0.1) is 6.92 Å². The molecular weight excluding hydrogens is 174 g/mol. The Kier molecular flexibility index (Phi) is 2.25. The molecule has 3 heteroatoms. The highest BCUT2D eigenvalue weighted by Gasteiger charge is 2.04. The molecule has 0 fully saturated rings. The Morgan fingerprint density at radius 2 is 2.21 bits per heavy atom. The van der Waals surface area contributed by atoms with Crippen LogP contribution in [0.1, 0.15) is 11.3 Å². The summed E-state index contributed by atoms with van der Waals surface area (Å²) in [7, 11) is 3.94. The summed E-state index contributed by atoms with van der Waals surface area (Å²) < 4.78 is 1.92. The van der Waals surface area contributed by atoms with E-state index in [0.717, 1.165) is 12.1 Å². The molecule has 0 unspecified atom stereocenters. The molecule has 0 atom stereocenters. The number of aryl methyl sites for hydroxylation is 2. The summed E-state index contributed by atoms with van der Waals surface area (Å²) >= 11 is 0. The first kappa shape index (κ1) is 9.21. The van der Waals surface area contributed by atoms with E-state index in [1.807, 2.05) is 18.8 Å². The molecule has 0 radical (unpaired) electrons. The van der Waals surface area contributed by atoms with Crippen LogP contribution in [0.4, 0.5) is 0 Å². The average molecular weight is 189 g/mol. The van der Waals surface area contributed by atoms with E-state index in [1.165, 1.54) is 16.6 Å². The van der Waals surface area contributed by atoms with E-state index in [2.05, 4.69) is 35.5 Å². The number of nitrogens with one attached hydrogen (secondary N) is 1. The first-order valence-electron chi connectivity index (χ1n) is 4.79. The second-order valence-electron chi connectivity index (χ2n) is 3.59. The zero-order chi connectivity index (χ0) is 10.1. The van der Waals surface area contributed by atoms with Crippen LogP contribution < -0.4 is 5.32 Å². The van der Waals surface area contributed by atoms with Gasteiger partial charge in [-0.25, -0.2) is 0 Å². The van der Waals surface area contributed by atoms with Crippen molar-refractivity contribution in [3.63, 3.8) is 0 Å². The number of aromatic nitrogens is 2. The van der Waals surface area contributed by atoms with Gasteiger partial charge in [-0.05, 0) is 31.7 Å². The fourth-order valence-electron chi connectivity index (χ4n) is 1.69. The van der Waals surface area contributed by atoms with Gasteiger partial charge in [-0.2, -0.15) is 5.10 Å². The van der Waals surface area contributed by atoms with E-state index < -0.39 is 0 Å². The van der Waals surface area contributed by atoms with Crippen LogP contribution in [-0.2, 0) is 13.6 Å². The topological polar surface area (TPSA) is 29.9 Å². The molecule has 0 saturated carbocycles. The van der Waals surface area contributed by atoms with Crippen molar-refractivity contribution >= 4 is 10.9 Å². The number of nitrogens with zero attached hydrogens (tertiary/aromatic N) is 2. The molecule has 0 saturated heterocycles. The molecule has 0 spiro atoms. The molecule has 74 valence electrons. The van der Waals surface area contributed by atoms with E-state index in [4.69, 9.17) is 0 Å². The molecule has 0 bridgehead atoms. The number of rotatable bonds is 2. The minimum atomic E-state index is 0.907. The van der Waals surface area contributed by atoms with Crippen LogP contribution in [0.2, 0.25) is 0 Å². The lowest BCUT2D eigenvalue weighted by molar-refractivity contribution is 0.751. The van der Waals surface area contributed by atoms with Crippen molar-refractivity contribution in [2.24, 2.45) is 7.05 Å². The second kappa shape index (κ2) is 3.42. The van der Waals surface area contributed by atoms with Gasteiger partial charge >= 0.3 is 0 Å². The standard InChI is InChI=1S/C11H15N3/c1-8-10-6-9(7-12-2)4-5-11(10)13-14(8)3/h4-6,12H,7H2,1-3H3. The average Bonchev–Trinajstić information content (AvgIpc) is 2.45. The van der Waals surface area contributed by atoms with Gasteiger partial charge in [0.15, 0.2) is 0 Å². The number of benzene rings is 1. The van der Waals surface area contributed by atoms with Crippen molar-refractivity contribution in [1.82, 2.24) is 15.1 Å². The van der Waals surface area contributed by atoms with Crippen molar-refractivity contribution in [3.05, 3.63) is 29.5 Å². The summed E-state index contributed by atoms with van der Waals surface area (Å²) in [6, 6.07) is 6.40. The normalized spacial score (nSPS) is 11.1. The molecule has 0 aliphatic rings. The Labute approximate surface area is 83.7 Å². The Bertz CT molecular complexity index is 457. The maximum absolute atomic E-state index is 4.41. The van der Waals surface area contributed by atoms with E-state index in [1.54, 1.807) is 0 Å². The summed E-state index contributed by atoms with van der Waals surface area (Å²) in [6.07, 6.45) is 0. The lowest BCUT2D eigenvalue weighted by Gasteiger charge is -1.99. The van der Waals surface area contributed by atoms with Gasteiger partial charge < -0.3 is 5.32 Å². The van der Waals surface area contributed by atoms with Gasteiger partial charge in [-0.15, -0.1) is 0 Å². The first-order valence-corrected chi connectivity index (χ1v) is 4.79. The Balaban J connectivity index is 2.58. The lowest BCUT2D eigenvalue weighted by Crippen LogP contribution is -2.04. The molecule has 0 amide bonds. The lowest BCUT2D eigenvalue weighted by atomic mass is 10.1. The zero-order valence-corrected chi connectivity index (χ0v) is 8.83. The molecule has 1 heterocycles. The van der Waals surface area contributed by atoms with E-state index in [9.17, 15) is 0 Å². The SMILES string of the molecule is CNCc1ccc2nn(C)c(C)c2c1. The van der Waals surface area contributed by atoms with Crippen LogP contribution in [-0.4, -0.2) is 16.8 Å². The predicted molar refractivity (Wildman–Crippen MR) is 58.2 cm³/mol. The molecule has 3 nitrogen and oxygen atoms in total. The fraction of sp³-hybridized carbons (Fsp3) is 0.364. The van der Waals surface area contributed by atoms with E-state index >= 15 is 0 Å². The molecule has 1 N–H and O–H groups in total. The van der Waals surface area contributed by atoms with Crippen molar-refractivity contribution in [3.8, 4) is 0 Å². The Hall–Kier alpha value is -1.35. The number of hydrogen-bond acceptors (Lipinski definition) is 2. The van der Waals surface area contributed by atoms with Crippen LogP contribution in [0.25, 0.3) is 10.9 Å². The third-order valence-corrected chi connectivity index (χ3v) is 2.57. The summed E-state index contributed by atoms with van der Waals surface area (Å²) in [5, 5.41) is 8.81. The second-order valence-corrected chi connectivity index (χ2v) is 3.59. The molecular formula is C11H15N3. The highest BCUT2D eigenvalue weighted by Crippen LogP contribution is 2.18. The van der Waals surface area contributed by atoms with Crippen LogP contribution in [0.15, 0.2) is 18.2 Å². The molecule has 1 aromatic carbocycles. The summed E-state index contributed by atoms with van der Waals surface area (Å²) in [5.74, 6) is 0. The summed E-state index contributed by atoms with van der Waals surface area (Å²) in [6.45, 7) is 3.00. The molecule has 14 heavy (non-hydrogen) atoms. The maximum Gasteiger partial charge on any atom is 0.0926 e. The third-order valence-electron chi connectivity index (χ3n) is 2.57. The highest BCUT2D eigenvalue weighted by molar-refractivity contribution is 5.82. The van der Waals surface area contributed by atoms with Gasteiger partial charge in [0.05, 0.1) is 5.52 Å². The summed E-state index contributed by atoms with van der Waals surface area (Å²) in [4.78, 5) is 0.